The molecule has 0 bridgehead atoms. The van der Waals surface area contributed by atoms with Crippen LogP contribution in [0.2, 0.25) is 0 Å². The first kappa shape index (κ1) is 9.51. The van der Waals surface area contributed by atoms with E-state index in [0.29, 0.717) is 5.92 Å². The normalized spacial score (nSPS) is 15.8. The Morgan fingerprint density at radius 2 is 2.00 bits per heavy atom. The summed E-state index contributed by atoms with van der Waals surface area (Å²) in [6.45, 7) is 8.66. The van der Waals surface area contributed by atoms with Crippen molar-refractivity contribution in [3.05, 3.63) is 47.0 Å². The molecule has 0 aromatic heterocycles. The van der Waals surface area contributed by atoms with Crippen molar-refractivity contribution in [1.29, 1.82) is 0 Å². The third kappa shape index (κ3) is 1.61. The highest BCUT2D eigenvalue weighted by molar-refractivity contribution is 5.42. The average molecular weight is 186 g/mol. The molecule has 0 amide bonds. The predicted octanol–water partition coefficient (Wildman–Crippen LogP) is 3.85. The van der Waals surface area contributed by atoms with E-state index < -0.39 is 0 Å². The summed E-state index contributed by atoms with van der Waals surface area (Å²) in [6, 6.07) is 6.73. The van der Waals surface area contributed by atoms with Gasteiger partial charge < -0.3 is 0 Å². The summed E-state index contributed by atoms with van der Waals surface area (Å²) < 4.78 is 0. The summed E-state index contributed by atoms with van der Waals surface area (Å²) in [4.78, 5) is 0. The standard InChI is InChI=1S/C14H18/c1-10(2)13-6-4-5-12-8-7-11(3)9-14(12)13/h4-6,10H,3,7-9H2,1-2H3. The molecule has 0 spiro atoms. The van der Waals surface area contributed by atoms with Crippen LogP contribution >= 0.6 is 0 Å². The van der Waals surface area contributed by atoms with Crippen LogP contribution in [0.15, 0.2) is 30.4 Å². The van der Waals surface area contributed by atoms with E-state index >= 15 is 0 Å². The van der Waals surface area contributed by atoms with E-state index in [4.69, 9.17) is 0 Å². The Morgan fingerprint density at radius 3 is 2.71 bits per heavy atom. The molecule has 0 atom stereocenters. The molecule has 0 heterocycles. The topological polar surface area (TPSA) is 0 Å². The van der Waals surface area contributed by atoms with Gasteiger partial charge in [-0.15, -0.1) is 0 Å². The molecule has 0 unspecified atom stereocenters. The first-order valence-corrected chi connectivity index (χ1v) is 5.46. The highest BCUT2D eigenvalue weighted by Gasteiger charge is 2.15. The maximum Gasteiger partial charge on any atom is -0.00641 e. The van der Waals surface area contributed by atoms with Gasteiger partial charge in [-0.3, -0.25) is 0 Å². The van der Waals surface area contributed by atoms with Crippen LogP contribution in [0, 0.1) is 0 Å². The van der Waals surface area contributed by atoms with Gasteiger partial charge in [-0.1, -0.05) is 44.2 Å². The molecule has 0 nitrogen and oxygen atoms in total. The fourth-order valence-electron chi connectivity index (χ4n) is 2.30. The van der Waals surface area contributed by atoms with Crippen molar-refractivity contribution < 1.29 is 0 Å². The van der Waals surface area contributed by atoms with E-state index in [1.807, 2.05) is 0 Å². The van der Waals surface area contributed by atoms with Crippen molar-refractivity contribution in [3.63, 3.8) is 0 Å². The number of benzene rings is 1. The molecule has 74 valence electrons. The maximum atomic E-state index is 4.11. The minimum atomic E-state index is 0.635. The second-order valence-electron chi connectivity index (χ2n) is 4.57. The lowest BCUT2D eigenvalue weighted by molar-refractivity contribution is 0.789. The van der Waals surface area contributed by atoms with Crippen molar-refractivity contribution in [2.75, 3.05) is 0 Å². The van der Waals surface area contributed by atoms with E-state index in [0.717, 1.165) is 6.42 Å². The molecular formula is C14H18. The zero-order chi connectivity index (χ0) is 10.1. The lowest BCUT2D eigenvalue weighted by atomic mass is 9.83. The molecular weight excluding hydrogens is 168 g/mol. The number of allylic oxidation sites excluding steroid dienone is 1. The van der Waals surface area contributed by atoms with Gasteiger partial charge in [0.05, 0.1) is 0 Å². The van der Waals surface area contributed by atoms with E-state index in [1.54, 1.807) is 11.1 Å². The smallest absolute Gasteiger partial charge is 0.00641 e. The second kappa shape index (κ2) is 3.61. The third-order valence-electron chi connectivity index (χ3n) is 3.11. The van der Waals surface area contributed by atoms with Crippen LogP contribution in [0.4, 0.5) is 0 Å². The number of aryl methyl sites for hydroxylation is 1. The first-order valence-electron chi connectivity index (χ1n) is 5.46. The Bertz CT molecular complexity index is 358. The Hall–Kier alpha value is -1.04. The van der Waals surface area contributed by atoms with E-state index in [1.165, 1.54) is 24.0 Å². The highest BCUT2D eigenvalue weighted by atomic mass is 14.2. The fraction of sp³-hybridized carbons (Fsp3) is 0.429. The van der Waals surface area contributed by atoms with Crippen LogP contribution in [0.25, 0.3) is 0 Å². The van der Waals surface area contributed by atoms with Crippen LogP contribution < -0.4 is 0 Å². The Labute approximate surface area is 86.7 Å². The van der Waals surface area contributed by atoms with Gasteiger partial charge in [0, 0.05) is 0 Å². The van der Waals surface area contributed by atoms with E-state index in [-0.39, 0.29) is 0 Å². The number of rotatable bonds is 1. The third-order valence-corrected chi connectivity index (χ3v) is 3.11. The van der Waals surface area contributed by atoms with Crippen molar-refractivity contribution >= 4 is 0 Å². The number of hydrogen-bond donors (Lipinski definition) is 0. The van der Waals surface area contributed by atoms with Gasteiger partial charge in [-0.05, 0) is 41.9 Å². The number of hydrogen-bond acceptors (Lipinski definition) is 0. The van der Waals surface area contributed by atoms with Gasteiger partial charge >= 0.3 is 0 Å². The Balaban J connectivity index is 2.48. The SMILES string of the molecule is C=C1CCc2cccc(C(C)C)c2C1. The van der Waals surface area contributed by atoms with Gasteiger partial charge in [0.2, 0.25) is 0 Å². The minimum Gasteiger partial charge on any atom is -0.0995 e. The van der Waals surface area contributed by atoms with Crippen molar-refractivity contribution in [1.82, 2.24) is 0 Å². The van der Waals surface area contributed by atoms with E-state index in [9.17, 15) is 0 Å². The van der Waals surface area contributed by atoms with Crippen LogP contribution in [0.1, 0.15) is 42.9 Å². The molecule has 0 fully saturated rings. The lowest BCUT2D eigenvalue weighted by Crippen LogP contribution is -2.08. The molecule has 0 aliphatic heterocycles. The molecule has 2 rings (SSSR count). The van der Waals surface area contributed by atoms with Crippen LogP contribution in [-0.2, 0) is 12.8 Å². The van der Waals surface area contributed by atoms with Crippen LogP contribution in [0.3, 0.4) is 0 Å². The summed E-state index contributed by atoms with van der Waals surface area (Å²) in [7, 11) is 0. The fourth-order valence-corrected chi connectivity index (χ4v) is 2.30. The first-order chi connectivity index (χ1) is 6.68. The van der Waals surface area contributed by atoms with Crippen LogP contribution in [-0.4, -0.2) is 0 Å². The average Bonchev–Trinajstić information content (AvgIpc) is 2.16. The van der Waals surface area contributed by atoms with Crippen LogP contribution in [0.5, 0.6) is 0 Å². The van der Waals surface area contributed by atoms with Gasteiger partial charge in [0.25, 0.3) is 0 Å². The summed E-state index contributed by atoms with van der Waals surface area (Å²) in [5, 5.41) is 0. The Morgan fingerprint density at radius 1 is 1.21 bits per heavy atom. The van der Waals surface area contributed by atoms with Crippen molar-refractivity contribution in [3.8, 4) is 0 Å². The molecule has 0 N–H and O–H groups in total. The monoisotopic (exact) mass is 186 g/mol. The molecule has 0 saturated heterocycles. The second-order valence-corrected chi connectivity index (χ2v) is 4.57. The molecule has 1 aliphatic carbocycles. The van der Waals surface area contributed by atoms with Crippen molar-refractivity contribution in [2.45, 2.75) is 39.0 Å². The lowest BCUT2D eigenvalue weighted by Gasteiger charge is -2.22. The van der Waals surface area contributed by atoms with Gasteiger partial charge in [0.1, 0.15) is 0 Å². The van der Waals surface area contributed by atoms with Gasteiger partial charge in [-0.25, -0.2) is 0 Å². The predicted molar refractivity (Wildman–Crippen MR) is 61.7 cm³/mol. The molecule has 1 aromatic rings. The van der Waals surface area contributed by atoms with Gasteiger partial charge in [-0.2, -0.15) is 0 Å². The number of fused-ring (bicyclic) bond motifs is 1. The molecule has 14 heavy (non-hydrogen) atoms. The zero-order valence-electron chi connectivity index (χ0n) is 9.14. The summed E-state index contributed by atoms with van der Waals surface area (Å²) in [6.07, 6.45) is 3.47. The largest absolute Gasteiger partial charge is 0.0995 e. The minimum absolute atomic E-state index is 0.635. The molecule has 1 aromatic carbocycles. The van der Waals surface area contributed by atoms with Crippen molar-refractivity contribution in [2.24, 2.45) is 0 Å². The molecule has 0 heteroatoms. The van der Waals surface area contributed by atoms with E-state index in [2.05, 4.69) is 38.6 Å². The highest BCUT2D eigenvalue weighted by Crippen LogP contribution is 2.30. The maximum absolute atomic E-state index is 4.11. The zero-order valence-corrected chi connectivity index (χ0v) is 9.14. The summed E-state index contributed by atoms with van der Waals surface area (Å²) in [5.41, 5.74) is 6.01. The van der Waals surface area contributed by atoms with Gasteiger partial charge in [0.15, 0.2) is 0 Å². The summed E-state index contributed by atoms with van der Waals surface area (Å²) >= 11 is 0. The Kier molecular flexibility index (Phi) is 2.45. The molecule has 0 saturated carbocycles. The summed E-state index contributed by atoms with van der Waals surface area (Å²) in [5.74, 6) is 0.635. The molecule has 0 radical (unpaired) electrons. The molecule has 1 aliphatic rings. The quantitative estimate of drug-likeness (QED) is 0.584.